The highest BCUT2D eigenvalue weighted by Gasteiger charge is 2.33. The Hall–Kier alpha value is -1.86. The summed E-state index contributed by atoms with van der Waals surface area (Å²) >= 11 is 0. The predicted molar refractivity (Wildman–Crippen MR) is 67.6 cm³/mol. The van der Waals surface area contributed by atoms with Gasteiger partial charge >= 0.3 is 5.97 Å². The largest absolute Gasteiger partial charge is 0.475 e. The molecule has 1 aromatic heterocycles. The smallest absolute Gasteiger partial charge is 0.371 e. The number of carboxylic acid groups (broad SMARTS) is 1. The van der Waals surface area contributed by atoms with E-state index in [1.807, 2.05) is 0 Å². The van der Waals surface area contributed by atoms with Gasteiger partial charge in [-0.25, -0.2) is 4.79 Å². The van der Waals surface area contributed by atoms with Crippen LogP contribution in [0.15, 0.2) is 16.5 Å². The van der Waals surface area contributed by atoms with Crippen LogP contribution in [0.3, 0.4) is 0 Å². The van der Waals surface area contributed by atoms with E-state index >= 15 is 0 Å². The Morgan fingerprint density at radius 3 is 2.45 bits per heavy atom. The summed E-state index contributed by atoms with van der Waals surface area (Å²) in [5.41, 5.74) is -0.967. The number of hydrogen-bond acceptors (Lipinski definition) is 5. The fraction of sp³-hybridized carbons (Fsp3) is 0.538. The van der Waals surface area contributed by atoms with Gasteiger partial charge in [0, 0.05) is 39.6 Å². The van der Waals surface area contributed by atoms with Gasteiger partial charge in [0.1, 0.15) is 0 Å². The number of rotatable bonds is 4. The van der Waals surface area contributed by atoms with E-state index in [1.54, 1.807) is 7.05 Å². The van der Waals surface area contributed by atoms with Crippen molar-refractivity contribution in [2.24, 2.45) is 0 Å². The molecule has 2 heterocycles. The highest BCUT2D eigenvalue weighted by molar-refractivity contribution is 5.93. The van der Waals surface area contributed by atoms with Gasteiger partial charge in [0.25, 0.3) is 5.91 Å². The molecule has 20 heavy (non-hydrogen) atoms. The highest BCUT2D eigenvalue weighted by Crippen LogP contribution is 2.22. The number of likely N-dealkylation sites (N-methyl/N-ethyl adjacent to an activating group) is 1. The summed E-state index contributed by atoms with van der Waals surface area (Å²) in [5, 5.41) is 19.1. The summed E-state index contributed by atoms with van der Waals surface area (Å²) in [6, 6.07) is 2.54. The van der Waals surface area contributed by atoms with Crippen LogP contribution in [0.25, 0.3) is 0 Å². The van der Waals surface area contributed by atoms with Gasteiger partial charge in [-0.3, -0.25) is 4.79 Å². The molecule has 0 aliphatic carbocycles. The molecule has 0 saturated carbocycles. The fourth-order valence-electron chi connectivity index (χ4n) is 2.18. The number of aliphatic hydroxyl groups is 1. The van der Waals surface area contributed by atoms with Gasteiger partial charge in [0.2, 0.25) is 5.76 Å². The van der Waals surface area contributed by atoms with Gasteiger partial charge in [-0.1, -0.05) is 0 Å². The molecule has 2 N–H and O–H groups in total. The van der Waals surface area contributed by atoms with E-state index in [9.17, 15) is 14.7 Å². The quantitative estimate of drug-likeness (QED) is 0.839. The number of ether oxygens (including phenoxy) is 1. The number of aromatic carboxylic acids is 1. The van der Waals surface area contributed by atoms with Crippen LogP contribution in [0, 0.1) is 0 Å². The molecule has 0 bridgehead atoms. The number of carbonyl (C=O) groups excluding carboxylic acids is 1. The molecular weight excluding hydrogens is 266 g/mol. The summed E-state index contributed by atoms with van der Waals surface area (Å²) < 4.78 is 10.1. The third kappa shape index (κ3) is 3.17. The van der Waals surface area contributed by atoms with E-state index in [1.165, 1.54) is 17.0 Å². The highest BCUT2D eigenvalue weighted by atomic mass is 16.5. The van der Waals surface area contributed by atoms with Crippen LogP contribution in [-0.2, 0) is 4.74 Å². The lowest BCUT2D eigenvalue weighted by Crippen LogP contribution is -2.47. The number of nitrogens with zero attached hydrogens (tertiary/aromatic N) is 1. The lowest BCUT2D eigenvalue weighted by molar-refractivity contribution is -0.0736. The Morgan fingerprint density at radius 2 is 1.90 bits per heavy atom. The molecule has 1 amide bonds. The number of furan rings is 1. The number of hydrogen-bond donors (Lipinski definition) is 2. The minimum Gasteiger partial charge on any atom is -0.475 e. The van der Waals surface area contributed by atoms with Crippen LogP contribution in [0.4, 0.5) is 0 Å². The first-order valence-corrected chi connectivity index (χ1v) is 6.30. The van der Waals surface area contributed by atoms with E-state index in [2.05, 4.69) is 0 Å². The predicted octanol–water partition coefficient (Wildman–Crippen LogP) is 0.591. The zero-order chi connectivity index (χ0) is 14.8. The molecule has 0 radical (unpaired) electrons. The van der Waals surface area contributed by atoms with E-state index in [4.69, 9.17) is 14.3 Å². The Kier molecular flexibility index (Phi) is 4.10. The van der Waals surface area contributed by atoms with E-state index in [0.717, 1.165) is 0 Å². The standard InChI is InChI=1S/C13H17NO6/c1-14(8-13(18)4-6-19-7-5-13)11(15)9-2-3-10(20-9)12(16)17/h2-3,18H,4-8H2,1H3,(H,16,17). The SMILES string of the molecule is CN(CC1(O)CCOCC1)C(=O)c1ccc(C(=O)O)o1. The maximum atomic E-state index is 12.1. The minimum absolute atomic E-state index is 0.0550. The second-order valence-electron chi connectivity index (χ2n) is 4.97. The van der Waals surface area contributed by atoms with Crippen molar-refractivity contribution in [1.82, 2.24) is 4.90 Å². The maximum absolute atomic E-state index is 12.1. The molecule has 0 unspecified atom stereocenters. The summed E-state index contributed by atoms with van der Waals surface area (Å²) in [7, 11) is 1.54. The van der Waals surface area contributed by atoms with Crippen molar-refractivity contribution in [3.8, 4) is 0 Å². The Balaban J connectivity index is 2.02. The molecule has 2 rings (SSSR count). The summed E-state index contributed by atoms with van der Waals surface area (Å²) in [6.45, 7) is 1.07. The van der Waals surface area contributed by atoms with E-state index in [0.29, 0.717) is 26.1 Å². The van der Waals surface area contributed by atoms with Gasteiger partial charge in [0.05, 0.1) is 5.60 Å². The van der Waals surface area contributed by atoms with Crippen molar-refractivity contribution in [3.05, 3.63) is 23.7 Å². The molecule has 0 aromatic carbocycles. The number of carbonyl (C=O) groups is 2. The summed E-state index contributed by atoms with van der Waals surface area (Å²) in [5.74, 6) is -2.03. The fourth-order valence-corrected chi connectivity index (χ4v) is 2.18. The molecular formula is C13H17NO6. The zero-order valence-electron chi connectivity index (χ0n) is 11.2. The zero-order valence-corrected chi connectivity index (χ0v) is 11.2. The van der Waals surface area contributed by atoms with Crippen molar-refractivity contribution in [2.75, 3.05) is 26.8 Å². The van der Waals surface area contributed by atoms with Crippen LogP contribution in [0.2, 0.25) is 0 Å². The van der Waals surface area contributed by atoms with Gasteiger partial charge < -0.3 is 24.3 Å². The normalized spacial score (nSPS) is 17.7. The topological polar surface area (TPSA) is 100 Å². The Bertz CT molecular complexity index is 503. The molecule has 7 nitrogen and oxygen atoms in total. The second-order valence-corrected chi connectivity index (χ2v) is 4.97. The van der Waals surface area contributed by atoms with Gasteiger partial charge in [-0.15, -0.1) is 0 Å². The van der Waals surface area contributed by atoms with Gasteiger partial charge in [-0.05, 0) is 12.1 Å². The average Bonchev–Trinajstić information content (AvgIpc) is 2.87. The first-order chi connectivity index (χ1) is 9.41. The average molecular weight is 283 g/mol. The lowest BCUT2D eigenvalue weighted by atomic mass is 9.94. The summed E-state index contributed by atoms with van der Waals surface area (Å²) in [6.07, 6.45) is 0.923. The lowest BCUT2D eigenvalue weighted by Gasteiger charge is -2.35. The number of amides is 1. The van der Waals surface area contributed by atoms with Crippen LogP contribution in [-0.4, -0.2) is 59.4 Å². The van der Waals surface area contributed by atoms with Crippen molar-refractivity contribution in [1.29, 1.82) is 0 Å². The van der Waals surface area contributed by atoms with E-state index in [-0.39, 0.29) is 18.1 Å². The molecule has 0 atom stereocenters. The van der Waals surface area contributed by atoms with Crippen molar-refractivity contribution in [2.45, 2.75) is 18.4 Å². The Morgan fingerprint density at radius 1 is 1.30 bits per heavy atom. The third-order valence-corrected chi connectivity index (χ3v) is 3.33. The molecule has 1 fully saturated rings. The van der Waals surface area contributed by atoms with Gasteiger partial charge in [0.15, 0.2) is 5.76 Å². The van der Waals surface area contributed by atoms with Crippen LogP contribution < -0.4 is 0 Å². The van der Waals surface area contributed by atoms with E-state index < -0.39 is 17.5 Å². The van der Waals surface area contributed by atoms with Crippen LogP contribution in [0.1, 0.15) is 34.0 Å². The molecule has 7 heteroatoms. The minimum atomic E-state index is -1.23. The van der Waals surface area contributed by atoms with Crippen molar-refractivity contribution < 1.29 is 29.0 Å². The Labute approximate surface area is 115 Å². The molecule has 0 spiro atoms. The first-order valence-electron chi connectivity index (χ1n) is 6.30. The second kappa shape index (κ2) is 5.64. The molecule has 110 valence electrons. The molecule has 1 aliphatic heterocycles. The maximum Gasteiger partial charge on any atom is 0.371 e. The molecule has 1 aliphatic rings. The van der Waals surface area contributed by atoms with Crippen LogP contribution >= 0.6 is 0 Å². The van der Waals surface area contributed by atoms with Crippen molar-refractivity contribution >= 4 is 11.9 Å². The van der Waals surface area contributed by atoms with Crippen molar-refractivity contribution in [3.63, 3.8) is 0 Å². The third-order valence-electron chi connectivity index (χ3n) is 3.33. The summed E-state index contributed by atoms with van der Waals surface area (Å²) in [4.78, 5) is 24.1. The molecule has 1 saturated heterocycles. The monoisotopic (exact) mass is 283 g/mol. The molecule has 1 aromatic rings. The van der Waals surface area contributed by atoms with Crippen LogP contribution in [0.5, 0.6) is 0 Å². The number of carboxylic acids is 1. The first kappa shape index (κ1) is 14.5. The van der Waals surface area contributed by atoms with Gasteiger partial charge in [-0.2, -0.15) is 0 Å².